The molecule has 0 spiro atoms. The largest absolute Gasteiger partial charge is 0.380 e. The molecular formula is C21H25N5O2S. The maximum atomic E-state index is 13.1. The molecule has 3 aromatic rings. The molecule has 0 saturated carbocycles. The molecular weight excluding hydrogens is 386 g/mol. The van der Waals surface area contributed by atoms with Gasteiger partial charge in [0.15, 0.2) is 0 Å². The maximum absolute atomic E-state index is 13.1. The van der Waals surface area contributed by atoms with E-state index in [2.05, 4.69) is 29.2 Å². The zero-order chi connectivity index (χ0) is 20.8. The number of carbonyl (C=O) groups is 1. The van der Waals surface area contributed by atoms with E-state index in [0.717, 1.165) is 32.5 Å². The van der Waals surface area contributed by atoms with Crippen LogP contribution in [0.3, 0.4) is 0 Å². The highest BCUT2D eigenvalue weighted by Gasteiger charge is 2.45. The number of hydrogen-bond acceptors (Lipinski definition) is 6. The smallest absolute Gasteiger partial charge is 0.255 e. The Labute approximate surface area is 174 Å². The van der Waals surface area contributed by atoms with Gasteiger partial charge in [0.25, 0.3) is 5.91 Å². The van der Waals surface area contributed by atoms with Gasteiger partial charge in [0.1, 0.15) is 11.6 Å². The third-order valence-corrected chi connectivity index (χ3v) is 6.90. The van der Waals surface area contributed by atoms with Crippen molar-refractivity contribution in [1.82, 2.24) is 19.7 Å². The Morgan fingerprint density at radius 2 is 2.07 bits per heavy atom. The van der Waals surface area contributed by atoms with E-state index < -0.39 is 0 Å². The van der Waals surface area contributed by atoms with Gasteiger partial charge in [0, 0.05) is 42.7 Å². The van der Waals surface area contributed by atoms with Gasteiger partial charge in [0.2, 0.25) is 0 Å². The number of aryl methyl sites for hydroxylation is 1. The fraction of sp³-hybridized carbons (Fsp3) is 0.381. The number of thiophene rings is 1. The van der Waals surface area contributed by atoms with Gasteiger partial charge in [-0.3, -0.25) is 9.48 Å². The zero-order valence-corrected chi connectivity index (χ0v) is 18.1. The van der Waals surface area contributed by atoms with Crippen molar-refractivity contribution in [3.63, 3.8) is 0 Å². The number of fused-ring (bicyclic) bond motifs is 1. The fourth-order valence-corrected chi connectivity index (χ4v) is 4.85. The summed E-state index contributed by atoms with van der Waals surface area (Å²) in [7, 11) is 3.55. The Hall–Kier alpha value is -2.71. The molecule has 1 amide bonds. The van der Waals surface area contributed by atoms with Crippen LogP contribution >= 0.6 is 11.3 Å². The van der Waals surface area contributed by atoms with E-state index in [4.69, 9.17) is 4.74 Å². The van der Waals surface area contributed by atoms with Crippen LogP contribution in [0.5, 0.6) is 0 Å². The molecule has 0 aromatic carbocycles. The summed E-state index contributed by atoms with van der Waals surface area (Å²) in [5.41, 5.74) is 1.46. The third-order valence-electron chi connectivity index (χ3n) is 5.40. The van der Waals surface area contributed by atoms with Crippen molar-refractivity contribution < 1.29 is 9.53 Å². The van der Waals surface area contributed by atoms with Gasteiger partial charge < -0.3 is 15.0 Å². The van der Waals surface area contributed by atoms with Gasteiger partial charge in [-0.2, -0.15) is 5.10 Å². The molecule has 4 rings (SSSR count). The molecule has 0 fully saturated rings. The molecule has 1 aliphatic rings. The van der Waals surface area contributed by atoms with Crippen molar-refractivity contribution >= 4 is 28.9 Å². The second kappa shape index (κ2) is 7.27. The molecule has 0 radical (unpaired) electrons. The topological polar surface area (TPSA) is 72.3 Å². The molecule has 1 aliphatic heterocycles. The summed E-state index contributed by atoms with van der Waals surface area (Å²) in [5, 5.41) is 7.44. The lowest BCUT2D eigenvalue weighted by atomic mass is 10.0. The zero-order valence-electron chi connectivity index (χ0n) is 17.3. The Morgan fingerprint density at radius 1 is 1.28 bits per heavy atom. The minimum atomic E-state index is -0.356. The van der Waals surface area contributed by atoms with Crippen molar-refractivity contribution in [3.05, 3.63) is 47.1 Å². The normalized spacial score (nSPS) is 16.2. The van der Waals surface area contributed by atoms with Crippen LogP contribution in [0.2, 0.25) is 0 Å². The number of nitrogens with zero attached hydrogens (tertiary/aromatic N) is 4. The Morgan fingerprint density at radius 3 is 2.72 bits per heavy atom. The van der Waals surface area contributed by atoms with Crippen LogP contribution in [0.15, 0.2) is 36.7 Å². The molecule has 3 aromatic heterocycles. The molecule has 0 bridgehead atoms. The van der Waals surface area contributed by atoms with Crippen molar-refractivity contribution in [2.24, 2.45) is 7.05 Å². The predicted molar refractivity (Wildman–Crippen MR) is 115 cm³/mol. The quantitative estimate of drug-likeness (QED) is 0.663. The van der Waals surface area contributed by atoms with Crippen LogP contribution in [0, 0.1) is 0 Å². The number of amides is 1. The van der Waals surface area contributed by atoms with Crippen LogP contribution in [-0.4, -0.2) is 45.3 Å². The van der Waals surface area contributed by atoms with Crippen LogP contribution in [0.1, 0.15) is 36.0 Å². The molecule has 29 heavy (non-hydrogen) atoms. The number of pyridine rings is 1. The average Bonchev–Trinajstić information content (AvgIpc) is 3.36. The van der Waals surface area contributed by atoms with Crippen molar-refractivity contribution in [1.29, 1.82) is 0 Å². The molecule has 8 heteroatoms. The Balaban J connectivity index is 1.63. The van der Waals surface area contributed by atoms with Crippen molar-refractivity contribution in [2.75, 3.05) is 19.0 Å². The number of methoxy groups -OCH3 is 1. The molecule has 1 atom stereocenters. The number of ether oxygens (including phenoxy) is 1. The summed E-state index contributed by atoms with van der Waals surface area (Å²) in [6, 6.07) is 7.86. The fourth-order valence-electron chi connectivity index (χ4n) is 3.59. The lowest BCUT2D eigenvalue weighted by Gasteiger charge is -2.33. The number of hydrogen-bond donors (Lipinski definition) is 1. The van der Waals surface area contributed by atoms with Gasteiger partial charge in [-0.25, -0.2) is 4.98 Å². The second-order valence-electron chi connectivity index (χ2n) is 7.77. The van der Waals surface area contributed by atoms with Crippen LogP contribution in [0.4, 0.5) is 11.6 Å². The van der Waals surface area contributed by atoms with Gasteiger partial charge in [-0.15, -0.1) is 11.3 Å². The molecule has 1 N–H and O–H groups in total. The number of anilines is 2. The summed E-state index contributed by atoms with van der Waals surface area (Å²) >= 11 is 1.67. The molecule has 152 valence electrons. The number of nitrogens with one attached hydrogen (secondary N) is 1. The third kappa shape index (κ3) is 3.42. The minimum Gasteiger partial charge on any atom is -0.380 e. The SMILES string of the molecule is CO[C@@H](C)CN1C(=O)c2cc(-c3ccnc(Nc4ccnn4C)c3)sc2C1(C)C. The van der Waals surface area contributed by atoms with Crippen LogP contribution in [0.25, 0.3) is 10.4 Å². The first-order valence-electron chi connectivity index (χ1n) is 9.51. The number of aromatic nitrogens is 3. The highest BCUT2D eigenvalue weighted by molar-refractivity contribution is 7.16. The first kappa shape index (κ1) is 19.6. The van der Waals surface area contributed by atoms with E-state index in [1.165, 1.54) is 0 Å². The molecule has 4 heterocycles. The van der Waals surface area contributed by atoms with Crippen molar-refractivity contribution in [3.8, 4) is 10.4 Å². The van der Waals surface area contributed by atoms with E-state index in [1.54, 1.807) is 35.5 Å². The van der Waals surface area contributed by atoms with E-state index in [0.29, 0.717) is 6.54 Å². The monoisotopic (exact) mass is 411 g/mol. The highest BCUT2D eigenvalue weighted by atomic mass is 32.1. The molecule has 7 nitrogen and oxygen atoms in total. The van der Waals surface area contributed by atoms with E-state index in [9.17, 15) is 4.79 Å². The summed E-state index contributed by atoms with van der Waals surface area (Å²) in [6.07, 6.45) is 3.51. The summed E-state index contributed by atoms with van der Waals surface area (Å²) < 4.78 is 7.13. The lowest BCUT2D eigenvalue weighted by molar-refractivity contribution is 0.0329. The second-order valence-corrected chi connectivity index (χ2v) is 8.82. The van der Waals surface area contributed by atoms with Gasteiger partial charge >= 0.3 is 0 Å². The Bertz CT molecular complexity index is 1060. The summed E-state index contributed by atoms with van der Waals surface area (Å²) in [5.74, 6) is 1.67. The van der Waals surface area contributed by atoms with Gasteiger partial charge in [-0.05, 0) is 44.5 Å². The van der Waals surface area contributed by atoms with Crippen LogP contribution in [-0.2, 0) is 17.3 Å². The molecule has 0 aliphatic carbocycles. The van der Waals surface area contributed by atoms with Crippen molar-refractivity contribution in [2.45, 2.75) is 32.4 Å². The number of carbonyl (C=O) groups excluding carboxylic acids is 1. The highest BCUT2D eigenvalue weighted by Crippen LogP contribution is 2.46. The average molecular weight is 412 g/mol. The van der Waals surface area contributed by atoms with Gasteiger partial charge in [0.05, 0.1) is 23.4 Å². The predicted octanol–water partition coefficient (Wildman–Crippen LogP) is 4.01. The maximum Gasteiger partial charge on any atom is 0.255 e. The molecule has 0 saturated heterocycles. The standard InChI is InChI=1S/C21H25N5O2S/c1-13(28-5)12-26-20(27)15-11-16(29-19(15)21(26,2)3)14-6-8-22-17(10-14)24-18-7-9-23-25(18)4/h6-11,13H,12H2,1-5H3,(H,22,24)/t13-/m0/s1. The first-order chi connectivity index (χ1) is 13.8. The van der Waals surface area contributed by atoms with Gasteiger partial charge in [-0.1, -0.05) is 0 Å². The van der Waals surface area contributed by atoms with Crippen LogP contribution < -0.4 is 5.32 Å². The molecule has 0 unspecified atom stereocenters. The van der Waals surface area contributed by atoms with E-state index in [1.807, 2.05) is 43.1 Å². The minimum absolute atomic E-state index is 0.00691. The number of rotatable bonds is 6. The first-order valence-corrected chi connectivity index (χ1v) is 10.3. The summed E-state index contributed by atoms with van der Waals surface area (Å²) in [6.45, 7) is 6.75. The lowest BCUT2D eigenvalue weighted by Crippen LogP contribution is -2.43. The summed E-state index contributed by atoms with van der Waals surface area (Å²) in [4.78, 5) is 21.5. The Kier molecular flexibility index (Phi) is 4.92. The van der Waals surface area contributed by atoms with E-state index in [-0.39, 0.29) is 17.6 Å². The van der Waals surface area contributed by atoms with E-state index >= 15 is 0 Å².